The van der Waals surface area contributed by atoms with Gasteiger partial charge < -0.3 is 15.5 Å². The first kappa shape index (κ1) is 15.8. The first-order valence-corrected chi connectivity index (χ1v) is 7.97. The second-order valence-electron chi connectivity index (χ2n) is 5.52. The average Bonchev–Trinajstić information content (AvgIpc) is 2.99. The molecule has 0 saturated carbocycles. The summed E-state index contributed by atoms with van der Waals surface area (Å²) in [5.74, 6) is 1.34. The van der Waals surface area contributed by atoms with Gasteiger partial charge in [-0.15, -0.1) is 11.3 Å². The highest BCUT2D eigenvalue weighted by Gasteiger charge is 2.17. The lowest BCUT2D eigenvalue weighted by Gasteiger charge is -2.18. The minimum absolute atomic E-state index is 0.0259. The van der Waals surface area contributed by atoms with E-state index in [1.54, 1.807) is 11.3 Å². The molecule has 0 aliphatic heterocycles. The third-order valence-corrected chi connectivity index (χ3v) is 3.89. The summed E-state index contributed by atoms with van der Waals surface area (Å²) in [5, 5.41) is 8.11. The van der Waals surface area contributed by atoms with E-state index in [9.17, 15) is 4.79 Å². The van der Waals surface area contributed by atoms with Gasteiger partial charge in [0, 0.05) is 31.7 Å². The van der Waals surface area contributed by atoms with Crippen molar-refractivity contribution in [2.24, 2.45) is 5.92 Å². The van der Waals surface area contributed by atoms with Crippen molar-refractivity contribution in [1.82, 2.24) is 20.0 Å². The predicted octanol–water partition coefficient (Wildman–Crippen LogP) is 1.32. The Kier molecular flexibility index (Phi) is 5.19. The van der Waals surface area contributed by atoms with Crippen LogP contribution in [0.3, 0.4) is 0 Å². The van der Waals surface area contributed by atoms with Crippen molar-refractivity contribution in [2.45, 2.75) is 20.4 Å². The molecule has 1 amide bonds. The smallest absolute Gasteiger partial charge is 0.239 e. The molecule has 2 aromatic rings. The zero-order chi connectivity index (χ0) is 15.4. The first-order valence-electron chi connectivity index (χ1n) is 7.09. The molecule has 0 aliphatic carbocycles. The maximum Gasteiger partial charge on any atom is 0.239 e. The molecular formula is C14H23N5OS. The third kappa shape index (κ3) is 3.74. The molecule has 0 aromatic carbocycles. The van der Waals surface area contributed by atoms with Gasteiger partial charge in [0.2, 0.25) is 5.91 Å². The SMILES string of the molecule is CNCc1c(N(C)CC(=O)NCC(C)C)nc2sccn12. The van der Waals surface area contributed by atoms with Crippen molar-refractivity contribution in [3.8, 4) is 0 Å². The number of amides is 1. The zero-order valence-corrected chi connectivity index (χ0v) is 13.8. The number of nitrogens with zero attached hydrogens (tertiary/aromatic N) is 3. The average molecular weight is 309 g/mol. The van der Waals surface area contributed by atoms with Crippen LogP contribution in [0.1, 0.15) is 19.5 Å². The van der Waals surface area contributed by atoms with Crippen molar-refractivity contribution in [2.75, 3.05) is 32.1 Å². The number of anilines is 1. The van der Waals surface area contributed by atoms with Crippen LogP contribution >= 0.6 is 11.3 Å². The Balaban J connectivity index is 2.11. The number of likely N-dealkylation sites (N-methyl/N-ethyl adjacent to an activating group) is 1. The van der Waals surface area contributed by atoms with Crippen molar-refractivity contribution in [3.63, 3.8) is 0 Å². The van der Waals surface area contributed by atoms with E-state index in [0.29, 0.717) is 25.6 Å². The van der Waals surface area contributed by atoms with Gasteiger partial charge in [-0.25, -0.2) is 4.98 Å². The zero-order valence-electron chi connectivity index (χ0n) is 13.0. The highest BCUT2D eigenvalue weighted by atomic mass is 32.1. The monoisotopic (exact) mass is 309 g/mol. The van der Waals surface area contributed by atoms with E-state index in [1.807, 2.05) is 30.6 Å². The van der Waals surface area contributed by atoms with Gasteiger partial charge in [0.25, 0.3) is 0 Å². The van der Waals surface area contributed by atoms with Crippen molar-refractivity contribution < 1.29 is 4.79 Å². The lowest BCUT2D eigenvalue weighted by atomic mass is 10.2. The number of nitrogens with one attached hydrogen (secondary N) is 2. The molecule has 2 N–H and O–H groups in total. The lowest BCUT2D eigenvalue weighted by molar-refractivity contribution is -0.119. The molecular weight excluding hydrogens is 286 g/mol. The summed E-state index contributed by atoms with van der Waals surface area (Å²) in [5.41, 5.74) is 1.08. The highest BCUT2D eigenvalue weighted by molar-refractivity contribution is 7.15. The molecule has 0 spiro atoms. The number of imidazole rings is 1. The molecule has 21 heavy (non-hydrogen) atoms. The molecule has 7 heteroatoms. The second-order valence-corrected chi connectivity index (χ2v) is 6.40. The fraction of sp³-hybridized carbons (Fsp3) is 0.571. The number of hydrogen-bond acceptors (Lipinski definition) is 5. The molecule has 2 aromatic heterocycles. The molecule has 6 nitrogen and oxygen atoms in total. The Morgan fingerprint density at radius 2 is 2.29 bits per heavy atom. The molecule has 116 valence electrons. The number of thiazole rings is 1. The normalized spacial score (nSPS) is 11.3. The molecule has 0 atom stereocenters. The molecule has 0 fully saturated rings. The molecule has 2 heterocycles. The van der Waals surface area contributed by atoms with E-state index in [4.69, 9.17) is 0 Å². The molecule has 0 saturated heterocycles. The largest absolute Gasteiger partial charge is 0.354 e. The minimum Gasteiger partial charge on any atom is -0.354 e. The fourth-order valence-corrected chi connectivity index (χ4v) is 2.85. The van der Waals surface area contributed by atoms with Gasteiger partial charge in [-0.3, -0.25) is 9.20 Å². The van der Waals surface area contributed by atoms with E-state index in [0.717, 1.165) is 16.5 Å². The standard InChI is InChI=1S/C14H23N5OS/c1-10(2)7-16-12(20)9-18(4)13-11(8-15-3)19-5-6-21-14(19)17-13/h5-6,10,15H,7-9H2,1-4H3,(H,16,20). The topological polar surface area (TPSA) is 61.7 Å². The summed E-state index contributed by atoms with van der Waals surface area (Å²) in [6.45, 7) is 5.89. The van der Waals surface area contributed by atoms with Gasteiger partial charge in [-0.2, -0.15) is 0 Å². The van der Waals surface area contributed by atoms with Crippen LogP contribution < -0.4 is 15.5 Å². The van der Waals surface area contributed by atoms with E-state index in [-0.39, 0.29) is 5.91 Å². The number of carbonyl (C=O) groups is 1. The van der Waals surface area contributed by atoms with Crippen molar-refractivity contribution >= 4 is 28.0 Å². The highest BCUT2D eigenvalue weighted by Crippen LogP contribution is 2.23. The first-order chi connectivity index (χ1) is 10.0. The van der Waals surface area contributed by atoms with Crippen LogP contribution in [-0.2, 0) is 11.3 Å². The number of fused-ring (bicyclic) bond motifs is 1. The molecule has 2 rings (SSSR count). The number of hydrogen-bond donors (Lipinski definition) is 2. The maximum absolute atomic E-state index is 12.0. The summed E-state index contributed by atoms with van der Waals surface area (Å²) >= 11 is 1.60. The second kappa shape index (κ2) is 6.91. The van der Waals surface area contributed by atoms with Crippen LogP contribution in [-0.4, -0.2) is 42.5 Å². The predicted molar refractivity (Wildman–Crippen MR) is 87.0 cm³/mol. The number of aromatic nitrogens is 2. The Morgan fingerprint density at radius 3 is 2.95 bits per heavy atom. The maximum atomic E-state index is 12.0. The Bertz CT molecular complexity index is 604. The van der Waals surface area contributed by atoms with E-state index < -0.39 is 0 Å². The lowest BCUT2D eigenvalue weighted by Crippen LogP contribution is -2.37. The van der Waals surface area contributed by atoms with Crippen LogP contribution in [0.15, 0.2) is 11.6 Å². The molecule has 0 unspecified atom stereocenters. The quantitative estimate of drug-likeness (QED) is 0.810. The Hall–Kier alpha value is -1.60. The molecule has 0 bridgehead atoms. The minimum atomic E-state index is 0.0259. The van der Waals surface area contributed by atoms with Gasteiger partial charge in [0.15, 0.2) is 10.8 Å². The van der Waals surface area contributed by atoms with Crippen molar-refractivity contribution in [3.05, 3.63) is 17.3 Å². The number of carbonyl (C=O) groups excluding carboxylic acids is 1. The Labute approximate surface area is 129 Å². The van der Waals surface area contributed by atoms with Crippen LogP contribution in [0.2, 0.25) is 0 Å². The van der Waals surface area contributed by atoms with Gasteiger partial charge in [0.05, 0.1) is 12.2 Å². The van der Waals surface area contributed by atoms with E-state index in [1.165, 1.54) is 0 Å². The van der Waals surface area contributed by atoms with Crippen molar-refractivity contribution in [1.29, 1.82) is 0 Å². The summed E-state index contributed by atoms with van der Waals surface area (Å²) in [4.78, 5) is 19.4. The summed E-state index contributed by atoms with van der Waals surface area (Å²) in [6, 6.07) is 0. The summed E-state index contributed by atoms with van der Waals surface area (Å²) in [7, 11) is 3.81. The van der Waals surface area contributed by atoms with Crippen LogP contribution in [0, 0.1) is 5.92 Å². The molecule has 0 radical (unpaired) electrons. The summed E-state index contributed by atoms with van der Waals surface area (Å²) < 4.78 is 2.07. The van der Waals surface area contributed by atoms with Gasteiger partial charge >= 0.3 is 0 Å². The summed E-state index contributed by atoms with van der Waals surface area (Å²) in [6.07, 6.45) is 2.01. The van der Waals surface area contributed by atoms with Gasteiger partial charge in [-0.05, 0) is 13.0 Å². The van der Waals surface area contributed by atoms with Crippen LogP contribution in [0.5, 0.6) is 0 Å². The van der Waals surface area contributed by atoms with Gasteiger partial charge in [0.1, 0.15) is 0 Å². The van der Waals surface area contributed by atoms with E-state index >= 15 is 0 Å². The fourth-order valence-electron chi connectivity index (χ4n) is 2.12. The van der Waals surface area contributed by atoms with Crippen LogP contribution in [0.4, 0.5) is 5.82 Å². The Morgan fingerprint density at radius 1 is 1.52 bits per heavy atom. The third-order valence-electron chi connectivity index (χ3n) is 3.13. The number of rotatable bonds is 7. The van der Waals surface area contributed by atoms with Crippen LogP contribution in [0.25, 0.3) is 4.96 Å². The molecule has 0 aliphatic rings. The van der Waals surface area contributed by atoms with E-state index in [2.05, 4.69) is 33.9 Å². The van der Waals surface area contributed by atoms with Gasteiger partial charge in [-0.1, -0.05) is 13.8 Å².